The normalized spacial score (nSPS) is 18.1. The lowest BCUT2D eigenvalue weighted by Gasteiger charge is -2.35. The van der Waals surface area contributed by atoms with E-state index in [4.69, 9.17) is 9.47 Å². The maximum atomic E-state index is 13.4. The molecule has 33 heavy (non-hydrogen) atoms. The fourth-order valence-electron chi connectivity index (χ4n) is 4.37. The third-order valence-corrected chi connectivity index (χ3v) is 6.13. The van der Waals surface area contributed by atoms with Crippen molar-refractivity contribution < 1.29 is 27.4 Å². The van der Waals surface area contributed by atoms with Crippen molar-refractivity contribution in [3.05, 3.63) is 59.5 Å². The van der Waals surface area contributed by atoms with Crippen LogP contribution in [-0.4, -0.2) is 36.4 Å². The molecule has 180 valence electrons. The second-order valence-corrected chi connectivity index (χ2v) is 8.51. The van der Waals surface area contributed by atoms with E-state index in [-0.39, 0.29) is 12.3 Å². The van der Waals surface area contributed by atoms with Crippen molar-refractivity contribution in [2.75, 3.05) is 19.8 Å². The molecule has 1 heterocycles. The molecule has 0 radical (unpaired) electrons. The molecule has 8 heteroatoms. The molecular weight excluding hydrogens is 433 g/mol. The predicted octanol–water partition coefficient (Wildman–Crippen LogP) is 5.97. The zero-order valence-corrected chi connectivity index (χ0v) is 19.2. The van der Waals surface area contributed by atoms with Gasteiger partial charge in [-0.2, -0.15) is 18.3 Å². The Balaban J connectivity index is 1.95. The van der Waals surface area contributed by atoms with Gasteiger partial charge in [0, 0.05) is 11.0 Å². The van der Waals surface area contributed by atoms with Gasteiger partial charge < -0.3 is 9.47 Å². The number of esters is 1. The van der Waals surface area contributed by atoms with E-state index in [1.165, 1.54) is 12.1 Å². The van der Waals surface area contributed by atoms with Crippen molar-refractivity contribution in [2.45, 2.75) is 64.0 Å². The minimum atomic E-state index is -4.41. The lowest BCUT2D eigenvalue weighted by atomic mass is 9.78. The van der Waals surface area contributed by atoms with E-state index >= 15 is 0 Å². The molecule has 5 nitrogen and oxygen atoms in total. The number of carbonyl (C=O) groups excluding carboxylic acids is 1. The summed E-state index contributed by atoms with van der Waals surface area (Å²) in [5.41, 5.74) is -0.140. The number of ether oxygens (including phenoxy) is 2. The van der Waals surface area contributed by atoms with E-state index < -0.39 is 23.1 Å². The van der Waals surface area contributed by atoms with Gasteiger partial charge in [0.2, 0.25) is 0 Å². The first-order valence-electron chi connectivity index (χ1n) is 11.4. The first kappa shape index (κ1) is 24.9. The van der Waals surface area contributed by atoms with Crippen LogP contribution >= 0.6 is 0 Å². The number of rotatable bonds is 9. The molecule has 1 saturated carbocycles. The van der Waals surface area contributed by atoms with Crippen molar-refractivity contribution in [3.8, 4) is 0 Å². The van der Waals surface area contributed by atoms with Crippen LogP contribution in [0.15, 0.2) is 53.5 Å². The second kappa shape index (κ2) is 10.4. The lowest BCUT2D eigenvalue weighted by Crippen LogP contribution is -2.38. The summed E-state index contributed by atoms with van der Waals surface area (Å²) in [4.78, 5) is 12.5. The Hall–Kier alpha value is -2.77. The lowest BCUT2D eigenvalue weighted by molar-refractivity contribution is -0.138. The Kier molecular flexibility index (Phi) is 7.87. The van der Waals surface area contributed by atoms with Crippen LogP contribution in [-0.2, 0) is 25.9 Å². The van der Waals surface area contributed by atoms with Crippen LogP contribution in [0.1, 0.15) is 63.5 Å². The van der Waals surface area contributed by atoms with Crippen LogP contribution in [0.3, 0.4) is 0 Å². The highest BCUT2D eigenvalue weighted by molar-refractivity contribution is 6.44. The molecule has 0 saturated heterocycles. The summed E-state index contributed by atoms with van der Waals surface area (Å²) in [6, 6.07) is 5.54. The number of alkyl halides is 3. The van der Waals surface area contributed by atoms with Gasteiger partial charge in [-0.05, 0) is 37.8 Å². The van der Waals surface area contributed by atoms with Crippen LogP contribution in [0.2, 0.25) is 0 Å². The topological polar surface area (TPSA) is 51.1 Å². The number of carbonyl (C=O) groups is 1. The zero-order chi connectivity index (χ0) is 24.1. The summed E-state index contributed by atoms with van der Waals surface area (Å²) >= 11 is 0. The van der Waals surface area contributed by atoms with Gasteiger partial charge in [-0.1, -0.05) is 51.0 Å². The molecule has 0 bridgehead atoms. The molecule has 1 aliphatic heterocycles. The molecule has 2 aliphatic rings. The number of hydrogen-bond donors (Lipinski definition) is 0. The Morgan fingerprint density at radius 2 is 1.97 bits per heavy atom. The SMILES string of the molecule is C=C1C(OCCCC)=CN(CC2(c3cccc(C(F)(F)F)c3)CCCC2)N=C1C(=O)OCC. The summed E-state index contributed by atoms with van der Waals surface area (Å²) < 4.78 is 51.1. The van der Waals surface area contributed by atoms with Crippen molar-refractivity contribution in [1.82, 2.24) is 5.01 Å². The Labute approximate surface area is 192 Å². The van der Waals surface area contributed by atoms with E-state index in [9.17, 15) is 18.0 Å². The Morgan fingerprint density at radius 3 is 2.61 bits per heavy atom. The fraction of sp³-hybridized carbons (Fsp3) is 0.520. The summed E-state index contributed by atoms with van der Waals surface area (Å²) in [6.07, 6.45) is 2.35. The van der Waals surface area contributed by atoms with Crippen molar-refractivity contribution in [3.63, 3.8) is 0 Å². The fourth-order valence-corrected chi connectivity index (χ4v) is 4.37. The van der Waals surface area contributed by atoms with Gasteiger partial charge in [-0.15, -0.1) is 0 Å². The van der Waals surface area contributed by atoms with Crippen molar-refractivity contribution >= 4 is 11.7 Å². The van der Waals surface area contributed by atoms with Crippen LogP contribution in [0.25, 0.3) is 0 Å². The molecule has 1 aromatic rings. The Morgan fingerprint density at radius 1 is 1.24 bits per heavy atom. The highest BCUT2D eigenvalue weighted by atomic mass is 19.4. The number of halogens is 3. The number of hydrogen-bond acceptors (Lipinski definition) is 5. The van der Waals surface area contributed by atoms with Gasteiger partial charge in [0.1, 0.15) is 5.76 Å². The quantitative estimate of drug-likeness (QED) is 0.334. The van der Waals surface area contributed by atoms with Crippen LogP contribution in [0, 0.1) is 0 Å². The van der Waals surface area contributed by atoms with Gasteiger partial charge in [-0.3, -0.25) is 5.01 Å². The molecular formula is C25H31F3N2O3. The molecule has 0 unspecified atom stereocenters. The molecule has 0 aromatic heterocycles. The van der Waals surface area contributed by atoms with E-state index in [2.05, 4.69) is 11.7 Å². The molecule has 3 rings (SSSR count). The maximum absolute atomic E-state index is 13.4. The number of unbranched alkanes of at least 4 members (excludes halogenated alkanes) is 1. The minimum absolute atomic E-state index is 0.0584. The number of nitrogens with zero attached hydrogens (tertiary/aromatic N) is 2. The third kappa shape index (κ3) is 5.78. The zero-order valence-electron chi connectivity index (χ0n) is 19.2. The molecule has 0 amide bonds. The molecule has 1 aliphatic carbocycles. The van der Waals surface area contributed by atoms with Crippen LogP contribution < -0.4 is 0 Å². The van der Waals surface area contributed by atoms with E-state index in [1.54, 1.807) is 24.2 Å². The monoisotopic (exact) mass is 464 g/mol. The third-order valence-electron chi connectivity index (χ3n) is 6.13. The van der Waals surface area contributed by atoms with E-state index in [1.807, 2.05) is 6.92 Å². The summed E-state index contributed by atoms with van der Waals surface area (Å²) in [6.45, 7) is 8.69. The minimum Gasteiger partial charge on any atom is -0.491 e. The van der Waals surface area contributed by atoms with Crippen LogP contribution in [0.5, 0.6) is 0 Å². The highest BCUT2D eigenvalue weighted by Gasteiger charge is 2.40. The number of benzene rings is 1. The van der Waals surface area contributed by atoms with Gasteiger partial charge in [0.05, 0.1) is 31.5 Å². The standard InChI is InChI=1S/C25H31F3N2O3/c1-4-6-14-33-21-16-30(29-22(18(21)3)23(31)32-5-2)17-24(12-7-8-13-24)19-10-9-11-20(15-19)25(26,27)28/h9-11,15-16H,3-8,12-14,17H2,1-2H3. The van der Waals surface area contributed by atoms with Gasteiger partial charge in [0.25, 0.3) is 0 Å². The highest BCUT2D eigenvalue weighted by Crippen LogP contribution is 2.44. The van der Waals surface area contributed by atoms with Gasteiger partial charge in [-0.25, -0.2) is 4.79 Å². The van der Waals surface area contributed by atoms with Gasteiger partial charge in [0.15, 0.2) is 5.71 Å². The molecule has 0 spiro atoms. The maximum Gasteiger partial charge on any atom is 0.416 e. The Bertz CT molecular complexity index is 931. The summed E-state index contributed by atoms with van der Waals surface area (Å²) in [7, 11) is 0. The molecule has 1 fully saturated rings. The molecule has 0 N–H and O–H groups in total. The molecule has 0 atom stereocenters. The molecule has 1 aromatic carbocycles. The summed E-state index contributed by atoms with van der Waals surface area (Å²) in [5.74, 6) is -0.171. The average Bonchev–Trinajstić information content (AvgIpc) is 3.25. The average molecular weight is 465 g/mol. The smallest absolute Gasteiger partial charge is 0.416 e. The van der Waals surface area contributed by atoms with Crippen molar-refractivity contribution in [2.24, 2.45) is 5.10 Å². The largest absolute Gasteiger partial charge is 0.491 e. The van der Waals surface area contributed by atoms with Gasteiger partial charge >= 0.3 is 12.1 Å². The van der Waals surface area contributed by atoms with Crippen molar-refractivity contribution in [1.29, 1.82) is 0 Å². The first-order valence-corrected chi connectivity index (χ1v) is 11.4. The van der Waals surface area contributed by atoms with Crippen LogP contribution in [0.4, 0.5) is 13.2 Å². The number of allylic oxidation sites excluding steroid dienone is 1. The van der Waals surface area contributed by atoms with E-state index in [0.29, 0.717) is 30.0 Å². The predicted molar refractivity (Wildman–Crippen MR) is 120 cm³/mol. The second-order valence-electron chi connectivity index (χ2n) is 8.51. The summed E-state index contributed by atoms with van der Waals surface area (Å²) in [5, 5.41) is 6.07. The van der Waals surface area contributed by atoms with E-state index in [0.717, 1.165) is 44.6 Å². The number of hydrazone groups is 1. The first-order chi connectivity index (χ1) is 15.7.